The lowest BCUT2D eigenvalue weighted by atomic mass is 10.1. The molecule has 5 rings (SSSR count). The summed E-state index contributed by atoms with van der Waals surface area (Å²) in [5.74, 6) is 1.37. The predicted molar refractivity (Wildman–Crippen MR) is 138 cm³/mol. The molecule has 0 saturated carbocycles. The molecule has 8 nitrogen and oxygen atoms in total. The van der Waals surface area contributed by atoms with Gasteiger partial charge in [-0.15, -0.1) is 0 Å². The average molecular weight is 484 g/mol. The second-order valence-electron chi connectivity index (χ2n) is 8.25. The van der Waals surface area contributed by atoms with Crippen LogP contribution in [-0.2, 0) is 11.2 Å². The van der Waals surface area contributed by atoms with Gasteiger partial charge in [-0.2, -0.15) is 0 Å². The van der Waals surface area contributed by atoms with E-state index in [4.69, 9.17) is 14.2 Å². The Morgan fingerprint density at radius 3 is 2.75 bits per heavy atom. The minimum Gasteiger partial charge on any atom is -0.497 e. The van der Waals surface area contributed by atoms with Gasteiger partial charge in [0.2, 0.25) is 0 Å². The number of para-hydroxylation sites is 1. The molecule has 3 N–H and O–H groups in total. The average Bonchev–Trinajstić information content (AvgIpc) is 3.31. The lowest BCUT2D eigenvalue weighted by molar-refractivity contribution is -0.115. The number of amides is 2. The summed E-state index contributed by atoms with van der Waals surface area (Å²) in [6.45, 7) is 0.453. The standard InChI is InChI=1S/C28H25N3O5/c1-34-20-8-9-22-21(15-20)19(16-30-22)11-12-29-27(32)18-7-10-25-23(13-18)31-28(33)26(36-25)14-17-5-3-4-6-24(17)35-2/h3-10,13-16,30H,11-12H2,1-2H3,(H,29,32)(H,31,33). The minimum absolute atomic E-state index is 0.138. The number of fused-ring (bicyclic) bond motifs is 2. The van der Waals surface area contributed by atoms with Crippen LogP contribution in [0.15, 0.2) is 72.6 Å². The zero-order valence-corrected chi connectivity index (χ0v) is 19.9. The largest absolute Gasteiger partial charge is 0.497 e. The van der Waals surface area contributed by atoms with Crippen LogP contribution in [0, 0.1) is 0 Å². The Hall–Kier alpha value is -4.72. The fourth-order valence-corrected chi connectivity index (χ4v) is 4.13. The van der Waals surface area contributed by atoms with E-state index >= 15 is 0 Å². The lowest BCUT2D eigenvalue weighted by Crippen LogP contribution is -2.27. The van der Waals surface area contributed by atoms with Crippen molar-refractivity contribution in [3.05, 3.63) is 89.3 Å². The highest BCUT2D eigenvalue weighted by Gasteiger charge is 2.23. The molecule has 1 aliphatic heterocycles. The molecule has 1 aliphatic rings. The van der Waals surface area contributed by atoms with Gasteiger partial charge >= 0.3 is 0 Å². The maximum Gasteiger partial charge on any atom is 0.291 e. The molecule has 4 aromatic rings. The highest BCUT2D eigenvalue weighted by atomic mass is 16.5. The first-order valence-electron chi connectivity index (χ1n) is 11.5. The zero-order chi connectivity index (χ0) is 25.1. The van der Waals surface area contributed by atoms with Crippen molar-refractivity contribution in [1.29, 1.82) is 0 Å². The normalized spacial score (nSPS) is 13.6. The molecule has 0 aliphatic carbocycles. The highest BCUT2D eigenvalue weighted by molar-refractivity contribution is 6.09. The second kappa shape index (κ2) is 9.87. The number of H-pyrrole nitrogens is 1. The molecule has 0 spiro atoms. The van der Waals surface area contributed by atoms with E-state index in [0.29, 0.717) is 35.7 Å². The summed E-state index contributed by atoms with van der Waals surface area (Å²) in [5.41, 5.74) is 3.69. The Balaban J connectivity index is 1.25. The number of ether oxygens (including phenoxy) is 3. The summed E-state index contributed by atoms with van der Waals surface area (Å²) < 4.78 is 16.5. The molecule has 1 aromatic heterocycles. The first-order chi connectivity index (χ1) is 17.6. The monoisotopic (exact) mass is 483 g/mol. The van der Waals surface area contributed by atoms with Crippen molar-refractivity contribution in [2.24, 2.45) is 0 Å². The number of carbonyl (C=O) groups is 2. The Kier molecular flexibility index (Phi) is 6.32. The topological polar surface area (TPSA) is 102 Å². The van der Waals surface area contributed by atoms with E-state index in [0.717, 1.165) is 27.8 Å². The summed E-state index contributed by atoms with van der Waals surface area (Å²) in [5, 5.41) is 6.81. The summed E-state index contributed by atoms with van der Waals surface area (Å²) in [6.07, 6.45) is 4.22. The summed E-state index contributed by atoms with van der Waals surface area (Å²) >= 11 is 0. The third-order valence-corrected chi connectivity index (χ3v) is 6.01. The molecule has 0 saturated heterocycles. The number of aromatic amines is 1. The quantitative estimate of drug-likeness (QED) is 0.335. The Bertz CT molecular complexity index is 1490. The van der Waals surface area contributed by atoms with E-state index in [2.05, 4.69) is 15.6 Å². The van der Waals surface area contributed by atoms with Gasteiger partial charge in [-0.1, -0.05) is 18.2 Å². The van der Waals surface area contributed by atoms with Crippen LogP contribution in [0.1, 0.15) is 21.5 Å². The highest BCUT2D eigenvalue weighted by Crippen LogP contribution is 2.33. The molecular weight excluding hydrogens is 458 g/mol. The Morgan fingerprint density at radius 2 is 1.92 bits per heavy atom. The molecule has 8 heteroatoms. The van der Waals surface area contributed by atoms with Gasteiger partial charge in [0.15, 0.2) is 11.5 Å². The number of hydrogen-bond donors (Lipinski definition) is 3. The van der Waals surface area contributed by atoms with Crippen LogP contribution in [0.3, 0.4) is 0 Å². The van der Waals surface area contributed by atoms with E-state index in [9.17, 15) is 9.59 Å². The maximum atomic E-state index is 12.8. The van der Waals surface area contributed by atoms with Crippen molar-refractivity contribution in [3.63, 3.8) is 0 Å². The predicted octanol–water partition coefficient (Wildman–Crippen LogP) is 4.53. The van der Waals surface area contributed by atoms with E-state index in [1.54, 1.807) is 44.6 Å². The van der Waals surface area contributed by atoms with Crippen LogP contribution in [-0.4, -0.2) is 37.6 Å². The van der Waals surface area contributed by atoms with Gasteiger partial charge in [-0.3, -0.25) is 9.59 Å². The minimum atomic E-state index is -0.402. The molecule has 0 bridgehead atoms. The van der Waals surface area contributed by atoms with Gasteiger partial charge in [0.1, 0.15) is 11.5 Å². The van der Waals surface area contributed by atoms with Gasteiger partial charge in [-0.25, -0.2) is 0 Å². The first kappa shape index (κ1) is 23.0. The van der Waals surface area contributed by atoms with Crippen molar-refractivity contribution in [1.82, 2.24) is 10.3 Å². The number of anilines is 1. The Morgan fingerprint density at radius 1 is 1.06 bits per heavy atom. The summed E-state index contributed by atoms with van der Waals surface area (Å²) in [4.78, 5) is 28.6. The molecule has 0 fully saturated rings. The van der Waals surface area contributed by atoms with Crippen LogP contribution in [0.2, 0.25) is 0 Å². The SMILES string of the molecule is COc1ccc2[nH]cc(CCNC(=O)c3ccc4c(c3)NC(=O)C(=Cc3ccccc3OC)O4)c2c1. The summed E-state index contributed by atoms with van der Waals surface area (Å²) in [7, 11) is 3.20. The molecule has 36 heavy (non-hydrogen) atoms. The van der Waals surface area contributed by atoms with Gasteiger partial charge < -0.3 is 29.8 Å². The van der Waals surface area contributed by atoms with Gasteiger partial charge in [0.25, 0.3) is 11.8 Å². The number of carbonyl (C=O) groups excluding carboxylic acids is 2. The number of nitrogens with one attached hydrogen (secondary N) is 3. The lowest BCUT2D eigenvalue weighted by Gasteiger charge is -2.20. The van der Waals surface area contributed by atoms with E-state index in [1.165, 1.54) is 0 Å². The zero-order valence-electron chi connectivity index (χ0n) is 19.9. The van der Waals surface area contributed by atoms with Crippen LogP contribution in [0.4, 0.5) is 5.69 Å². The van der Waals surface area contributed by atoms with Crippen molar-refractivity contribution in [3.8, 4) is 17.2 Å². The molecule has 2 heterocycles. The Labute approximate surface area is 207 Å². The van der Waals surface area contributed by atoms with Crippen molar-refractivity contribution in [2.45, 2.75) is 6.42 Å². The summed E-state index contributed by atoms with van der Waals surface area (Å²) in [6, 6.07) is 18.1. The third kappa shape index (κ3) is 4.61. The fourth-order valence-electron chi connectivity index (χ4n) is 4.13. The van der Waals surface area contributed by atoms with Gasteiger partial charge in [0.05, 0.1) is 19.9 Å². The first-order valence-corrected chi connectivity index (χ1v) is 11.5. The third-order valence-electron chi connectivity index (χ3n) is 6.01. The molecule has 0 unspecified atom stereocenters. The van der Waals surface area contributed by atoms with E-state index in [-0.39, 0.29) is 11.7 Å². The van der Waals surface area contributed by atoms with Crippen LogP contribution >= 0.6 is 0 Å². The van der Waals surface area contributed by atoms with Crippen LogP contribution < -0.4 is 24.8 Å². The molecule has 2 amide bonds. The van der Waals surface area contributed by atoms with Crippen LogP contribution in [0.25, 0.3) is 17.0 Å². The molecule has 3 aromatic carbocycles. The number of aromatic nitrogens is 1. The smallest absolute Gasteiger partial charge is 0.291 e. The van der Waals surface area contributed by atoms with Crippen molar-refractivity contribution >= 4 is 34.5 Å². The number of benzene rings is 3. The molecule has 0 radical (unpaired) electrons. The number of hydrogen-bond acceptors (Lipinski definition) is 5. The van der Waals surface area contributed by atoms with Crippen molar-refractivity contribution in [2.75, 3.05) is 26.1 Å². The van der Waals surface area contributed by atoms with Crippen LogP contribution in [0.5, 0.6) is 17.2 Å². The second-order valence-corrected chi connectivity index (χ2v) is 8.25. The fraction of sp³-hybridized carbons (Fsp3) is 0.143. The van der Waals surface area contributed by atoms with Crippen molar-refractivity contribution < 1.29 is 23.8 Å². The van der Waals surface area contributed by atoms with E-state index < -0.39 is 5.91 Å². The molecule has 182 valence electrons. The number of methoxy groups -OCH3 is 2. The van der Waals surface area contributed by atoms with Gasteiger partial charge in [-0.05, 0) is 60.5 Å². The maximum absolute atomic E-state index is 12.8. The molecular formula is C28H25N3O5. The molecule has 0 atom stereocenters. The van der Waals surface area contributed by atoms with E-state index in [1.807, 2.05) is 42.6 Å². The number of rotatable bonds is 7. The van der Waals surface area contributed by atoms with Gasteiger partial charge in [0, 0.05) is 34.8 Å².